The first kappa shape index (κ1) is 15.7. The maximum absolute atomic E-state index is 13.4. The molecule has 0 bridgehead atoms. The van der Waals surface area contributed by atoms with Crippen molar-refractivity contribution in [2.75, 3.05) is 7.11 Å². The van der Waals surface area contributed by atoms with Gasteiger partial charge in [-0.2, -0.15) is 0 Å². The van der Waals surface area contributed by atoms with Gasteiger partial charge in [0.25, 0.3) is 0 Å². The van der Waals surface area contributed by atoms with Crippen LogP contribution in [-0.2, 0) is 4.79 Å². The number of halogens is 1. The van der Waals surface area contributed by atoms with Crippen molar-refractivity contribution in [3.05, 3.63) is 58.5 Å². The van der Waals surface area contributed by atoms with E-state index < -0.39 is 17.2 Å². The second kappa shape index (κ2) is 6.16. The highest BCUT2D eigenvalue weighted by Crippen LogP contribution is 2.32. The first-order chi connectivity index (χ1) is 11.5. The number of rotatable bonds is 3. The maximum Gasteiger partial charge on any atom is 0.308 e. The maximum atomic E-state index is 13.4. The van der Waals surface area contributed by atoms with Crippen LogP contribution in [0.5, 0.6) is 11.5 Å². The number of hydrogen-bond donors (Lipinski definition) is 0. The van der Waals surface area contributed by atoms with Gasteiger partial charge in [0, 0.05) is 12.5 Å². The van der Waals surface area contributed by atoms with Crippen LogP contribution in [0.15, 0.2) is 51.7 Å². The fourth-order valence-electron chi connectivity index (χ4n) is 2.32. The number of hydrogen-bond acceptors (Lipinski definition) is 5. The number of methoxy groups -OCH3 is 1. The van der Waals surface area contributed by atoms with Gasteiger partial charge in [-0.05, 0) is 42.5 Å². The first-order valence-corrected chi connectivity index (χ1v) is 7.09. The molecule has 0 saturated carbocycles. The van der Waals surface area contributed by atoms with Gasteiger partial charge in [-0.1, -0.05) is 0 Å². The number of carbonyl (C=O) groups is 1. The Kier molecular flexibility index (Phi) is 4.04. The Hall–Kier alpha value is -3.15. The lowest BCUT2D eigenvalue weighted by Gasteiger charge is -2.10. The van der Waals surface area contributed by atoms with Crippen LogP contribution in [0, 0.1) is 5.82 Å². The lowest BCUT2D eigenvalue weighted by molar-refractivity contribution is -0.131. The molecule has 6 heteroatoms. The molecule has 0 aliphatic heterocycles. The smallest absolute Gasteiger partial charge is 0.308 e. The summed E-state index contributed by atoms with van der Waals surface area (Å²) >= 11 is 0. The van der Waals surface area contributed by atoms with Gasteiger partial charge >= 0.3 is 5.97 Å². The van der Waals surface area contributed by atoms with Crippen LogP contribution in [0.3, 0.4) is 0 Å². The summed E-state index contributed by atoms with van der Waals surface area (Å²) < 4.78 is 29.2. The van der Waals surface area contributed by atoms with Gasteiger partial charge in [-0.25, -0.2) is 4.39 Å². The van der Waals surface area contributed by atoms with Crippen molar-refractivity contribution in [2.24, 2.45) is 0 Å². The molecule has 0 atom stereocenters. The topological polar surface area (TPSA) is 65.7 Å². The van der Waals surface area contributed by atoms with E-state index in [0.717, 1.165) is 6.07 Å². The molecule has 0 fully saturated rings. The molecule has 0 aliphatic rings. The number of fused-ring (bicyclic) bond motifs is 1. The minimum atomic E-state index is -0.673. The molecule has 122 valence electrons. The van der Waals surface area contributed by atoms with E-state index in [0.29, 0.717) is 11.3 Å². The van der Waals surface area contributed by atoms with E-state index in [-0.39, 0.29) is 22.5 Å². The molecule has 1 aromatic heterocycles. The van der Waals surface area contributed by atoms with Crippen LogP contribution in [0.1, 0.15) is 6.92 Å². The van der Waals surface area contributed by atoms with Crippen molar-refractivity contribution < 1.29 is 23.1 Å². The van der Waals surface area contributed by atoms with Crippen molar-refractivity contribution >= 4 is 16.9 Å². The highest BCUT2D eigenvalue weighted by atomic mass is 19.1. The lowest BCUT2D eigenvalue weighted by atomic mass is 10.1. The van der Waals surface area contributed by atoms with Crippen LogP contribution < -0.4 is 14.9 Å². The minimum Gasteiger partial charge on any atom is -0.497 e. The molecule has 24 heavy (non-hydrogen) atoms. The van der Waals surface area contributed by atoms with Crippen LogP contribution in [0.4, 0.5) is 4.39 Å². The summed E-state index contributed by atoms with van der Waals surface area (Å²) in [5, 5.41) is 0.00325. The third-order valence-corrected chi connectivity index (χ3v) is 3.41. The fraction of sp³-hybridized carbons (Fsp3) is 0.111. The number of carbonyl (C=O) groups excluding carboxylic acids is 1. The quantitative estimate of drug-likeness (QED) is 0.688. The molecular formula is C18H13FO5. The third kappa shape index (κ3) is 2.86. The van der Waals surface area contributed by atoms with Gasteiger partial charge in [0.05, 0.1) is 12.5 Å². The van der Waals surface area contributed by atoms with Gasteiger partial charge in [0.15, 0.2) is 5.76 Å². The molecule has 0 aliphatic carbocycles. The zero-order valence-electron chi connectivity index (χ0n) is 13.0. The van der Waals surface area contributed by atoms with Crippen LogP contribution >= 0.6 is 0 Å². The summed E-state index contributed by atoms with van der Waals surface area (Å²) in [7, 11) is 1.53. The second-order valence-electron chi connectivity index (χ2n) is 5.05. The number of esters is 1. The Morgan fingerprint density at radius 2 is 1.83 bits per heavy atom. The Morgan fingerprint density at radius 1 is 1.12 bits per heavy atom. The highest BCUT2D eigenvalue weighted by Gasteiger charge is 2.19. The number of benzene rings is 2. The zero-order valence-corrected chi connectivity index (χ0v) is 13.0. The second-order valence-corrected chi connectivity index (χ2v) is 5.05. The average Bonchev–Trinajstić information content (AvgIpc) is 2.57. The predicted octanol–water partition coefficient (Wildman–Crippen LogP) is 3.53. The van der Waals surface area contributed by atoms with Crippen LogP contribution in [0.2, 0.25) is 0 Å². The molecule has 3 aromatic rings. The van der Waals surface area contributed by atoms with Crippen molar-refractivity contribution in [3.8, 4) is 22.8 Å². The van der Waals surface area contributed by atoms with Crippen molar-refractivity contribution in [2.45, 2.75) is 6.92 Å². The van der Waals surface area contributed by atoms with Crippen LogP contribution in [-0.4, -0.2) is 13.1 Å². The largest absolute Gasteiger partial charge is 0.497 e. The molecule has 5 nitrogen and oxygen atoms in total. The molecule has 1 heterocycles. The van der Waals surface area contributed by atoms with Crippen LogP contribution in [0.25, 0.3) is 22.3 Å². The lowest BCUT2D eigenvalue weighted by Crippen LogP contribution is -2.13. The standard InChI is InChI=1S/C18H13FO5/c1-10(20)23-18-16(21)14-9-12(19)5-8-15(14)24-17(18)11-3-6-13(22-2)7-4-11/h3-9H,1-2H3. The first-order valence-electron chi connectivity index (χ1n) is 7.09. The summed E-state index contributed by atoms with van der Waals surface area (Å²) in [5.41, 5.74) is 0.107. The molecule has 3 rings (SSSR count). The summed E-state index contributed by atoms with van der Waals surface area (Å²) in [6, 6.07) is 10.3. The Bertz CT molecular complexity index is 973. The highest BCUT2D eigenvalue weighted by molar-refractivity contribution is 5.84. The molecule has 0 unspecified atom stereocenters. The predicted molar refractivity (Wildman–Crippen MR) is 85.7 cm³/mol. The molecule has 0 radical (unpaired) electrons. The zero-order chi connectivity index (χ0) is 17.3. The fourth-order valence-corrected chi connectivity index (χ4v) is 2.32. The summed E-state index contributed by atoms with van der Waals surface area (Å²) in [6.45, 7) is 1.17. The summed E-state index contributed by atoms with van der Waals surface area (Å²) in [5.74, 6) is -0.811. The van der Waals surface area contributed by atoms with E-state index in [2.05, 4.69) is 0 Å². The van der Waals surface area contributed by atoms with E-state index in [1.807, 2.05) is 0 Å². The minimum absolute atomic E-state index is 0.00325. The molecule has 0 N–H and O–H groups in total. The van der Waals surface area contributed by atoms with Gasteiger partial charge in [-0.3, -0.25) is 9.59 Å². The average molecular weight is 328 g/mol. The van der Waals surface area contributed by atoms with Crippen molar-refractivity contribution in [1.82, 2.24) is 0 Å². The third-order valence-electron chi connectivity index (χ3n) is 3.41. The van der Waals surface area contributed by atoms with Crippen molar-refractivity contribution in [3.63, 3.8) is 0 Å². The number of ether oxygens (including phenoxy) is 2. The summed E-state index contributed by atoms with van der Waals surface area (Å²) in [4.78, 5) is 24.0. The molecular weight excluding hydrogens is 315 g/mol. The molecule has 2 aromatic carbocycles. The molecule has 0 saturated heterocycles. The Balaban J connectivity index is 2.29. The van der Waals surface area contributed by atoms with Gasteiger partial charge in [-0.15, -0.1) is 0 Å². The monoisotopic (exact) mass is 328 g/mol. The van der Waals surface area contributed by atoms with E-state index in [1.165, 1.54) is 26.2 Å². The van der Waals surface area contributed by atoms with Gasteiger partial charge in [0.2, 0.25) is 11.2 Å². The van der Waals surface area contributed by atoms with E-state index in [1.54, 1.807) is 24.3 Å². The van der Waals surface area contributed by atoms with E-state index >= 15 is 0 Å². The SMILES string of the molecule is COc1ccc(-c2oc3ccc(F)cc3c(=O)c2OC(C)=O)cc1. The van der Waals surface area contributed by atoms with E-state index in [9.17, 15) is 14.0 Å². The normalized spacial score (nSPS) is 10.6. The van der Waals surface area contributed by atoms with E-state index in [4.69, 9.17) is 13.9 Å². The molecule has 0 amide bonds. The van der Waals surface area contributed by atoms with Gasteiger partial charge < -0.3 is 13.9 Å². The van der Waals surface area contributed by atoms with Crippen molar-refractivity contribution in [1.29, 1.82) is 0 Å². The molecule has 0 spiro atoms. The Morgan fingerprint density at radius 3 is 2.46 bits per heavy atom. The summed E-state index contributed by atoms with van der Waals surface area (Å²) in [6.07, 6.45) is 0. The van der Waals surface area contributed by atoms with Gasteiger partial charge in [0.1, 0.15) is 17.1 Å². The Labute approximate surface area is 136 Å².